The van der Waals surface area contributed by atoms with Crippen LogP contribution in [0.15, 0.2) is 24.3 Å². The van der Waals surface area contributed by atoms with E-state index in [-0.39, 0.29) is 16.8 Å². The summed E-state index contributed by atoms with van der Waals surface area (Å²) < 4.78 is 15.4. The normalized spacial score (nSPS) is 13.6. The third-order valence-corrected chi connectivity index (χ3v) is 3.18. The van der Waals surface area contributed by atoms with Gasteiger partial charge in [0.05, 0.1) is 5.69 Å². The fourth-order valence-electron chi connectivity index (χ4n) is 2.40. The van der Waals surface area contributed by atoms with E-state index in [1.165, 1.54) is 6.07 Å². The number of rotatable bonds is 2. The van der Waals surface area contributed by atoms with Gasteiger partial charge >= 0.3 is 5.97 Å². The minimum Gasteiger partial charge on any atom is -0.478 e. The van der Waals surface area contributed by atoms with Gasteiger partial charge in [0.25, 0.3) is 0 Å². The third kappa shape index (κ3) is 1.51. The molecular weight excluding hydrogens is 235 g/mol. The molecule has 1 aromatic carbocycles. The van der Waals surface area contributed by atoms with E-state index in [1.54, 1.807) is 22.9 Å². The van der Waals surface area contributed by atoms with Crippen LogP contribution in [0.1, 0.15) is 22.5 Å². The Kier molecular flexibility index (Phi) is 2.40. The Morgan fingerprint density at radius 3 is 2.89 bits per heavy atom. The standard InChI is InChI=1S/C13H11FN2O2/c14-9-5-2-1-4-8(9)12-11(13(17)18)10-6-3-7-16(10)15-12/h1-2,4-5H,3,6-7H2,(H,17,18). The molecule has 5 heteroatoms. The highest BCUT2D eigenvalue weighted by Gasteiger charge is 2.27. The second kappa shape index (κ2) is 3.94. The van der Waals surface area contributed by atoms with Crippen LogP contribution in [0.25, 0.3) is 11.3 Å². The minimum atomic E-state index is -1.04. The topological polar surface area (TPSA) is 55.1 Å². The van der Waals surface area contributed by atoms with Crippen LogP contribution in [0.3, 0.4) is 0 Å². The van der Waals surface area contributed by atoms with Crippen molar-refractivity contribution < 1.29 is 14.3 Å². The maximum atomic E-state index is 13.7. The molecule has 1 aliphatic rings. The molecule has 0 bridgehead atoms. The molecule has 1 N–H and O–H groups in total. The Morgan fingerprint density at radius 2 is 2.17 bits per heavy atom. The number of hydrogen-bond acceptors (Lipinski definition) is 2. The van der Waals surface area contributed by atoms with Crippen LogP contribution in [-0.4, -0.2) is 20.9 Å². The predicted molar refractivity (Wildman–Crippen MR) is 62.9 cm³/mol. The Balaban J connectivity index is 2.25. The van der Waals surface area contributed by atoms with Crippen LogP contribution >= 0.6 is 0 Å². The summed E-state index contributed by atoms with van der Waals surface area (Å²) in [5.74, 6) is -1.49. The highest BCUT2D eigenvalue weighted by molar-refractivity contribution is 5.96. The van der Waals surface area contributed by atoms with Gasteiger partial charge in [-0.05, 0) is 25.0 Å². The summed E-state index contributed by atoms with van der Waals surface area (Å²) >= 11 is 0. The Hall–Kier alpha value is -2.17. The van der Waals surface area contributed by atoms with Crippen LogP contribution < -0.4 is 0 Å². The van der Waals surface area contributed by atoms with Crippen molar-refractivity contribution in [1.29, 1.82) is 0 Å². The number of hydrogen-bond donors (Lipinski definition) is 1. The van der Waals surface area contributed by atoms with Crippen LogP contribution in [0.2, 0.25) is 0 Å². The number of carboxylic acid groups (broad SMARTS) is 1. The Morgan fingerprint density at radius 1 is 1.39 bits per heavy atom. The largest absolute Gasteiger partial charge is 0.478 e. The highest BCUT2D eigenvalue weighted by atomic mass is 19.1. The molecule has 0 saturated carbocycles. The Labute approximate surface area is 103 Å². The van der Waals surface area contributed by atoms with E-state index in [9.17, 15) is 14.3 Å². The molecule has 2 aromatic rings. The van der Waals surface area contributed by atoms with Crippen molar-refractivity contribution in [3.63, 3.8) is 0 Å². The molecule has 0 spiro atoms. The van der Waals surface area contributed by atoms with E-state index in [0.29, 0.717) is 18.7 Å². The van der Waals surface area contributed by atoms with Gasteiger partial charge in [0.15, 0.2) is 0 Å². The van der Waals surface area contributed by atoms with E-state index in [1.807, 2.05) is 0 Å². The first-order chi connectivity index (χ1) is 8.68. The summed E-state index contributed by atoms with van der Waals surface area (Å²) in [7, 11) is 0. The summed E-state index contributed by atoms with van der Waals surface area (Å²) in [5.41, 5.74) is 1.31. The summed E-state index contributed by atoms with van der Waals surface area (Å²) in [6.07, 6.45) is 1.57. The van der Waals surface area contributed by atoms with Gasteiger partial charge in [0, 0.05) is 12.1 Å². The number of aromatic carboxylic acids is 1. The molecule has 3 rings (SSSR count). The first kappa shape index (κ1) is 11.0. The molecule has 18 heavy (non-hydrogen) atoms. The molecule has 0 fully saturated rings. The second-order valence-electron chi connectivity index (χ2n) is 4.28. The van der Waals surface area contributed by atoms with E-state index in [2.05, 4.69) is 5.10 Å². The zero-order valence-corrected chi connectivity index (χ0v) is 9.56. The molecule has 0 unspecified atom stereocenters. The fraction of sp³-hybridized carbons (Fsp3) is 0.231. The highest BCUT2D eigenvalue weighted by Crippen LogP contribution is 2.30. The van der Waals surface area contributed by atoms with Gasteiger partial charge in [-0.2, -0.15) is 5.10 Å². The molecule has 0 saturated heterocycles. The molecular formula is C13H11FN2O2. The SMILES string of the molecule is O=C(O)c1c(-c2ccccc2F)nn2c1CCC2. The molecule has 0 amide bonds. The summed E-state index contributed by atoms with van der Waals surface area (Å²) in [5, 5.41) is 13.5. The van der Waals surface area contributed by atoms with Gasteiger partial charge in [0.2, 0.25) is 0 Å². The first-order valence-corrected chi connectivity index (χ1v) is 5.76. The van der Waals surface area contributed by atoms with E-state index in [4.69, 9.17) is 0 Å². The van der Waals surface area contributed by atoms with E-state index >= 15 is 0 Å². The van der Waals surface area contributed by atoms with Crippen LogP contribution in [0.4, 0.5) is 4.39 Å². The quantitative estimate of drug-likeness (QED) is 0.884. The van der Waals surface area contributed by atoms with Crippen LogP contribution in [0.5, 0.6) is 0 Å². The Bertz CT molecular complexity index is 634. The number of benzene rings is 1. The van der Waals surface area contributed by atoms with Gasteiger partial charge in [-0.25, -0.2) is 9.18 Å². The van der Waals surface area contributed by atoms with Gasteiger partial charge < -0.3 is 5.11 Å². The minimum absolute atomic E-state index is 0.137. The van der Waals surface area contributed by atoms with Crippen molar-refractivity contribution >= 4 is 5.97 Å². The molecule has 0 radical (unpaired) electrons. The van der Waals surface area contributed by atoms with Crippen molar-refractivity contribution in [3.8, 4) is 11.3 Å². The summed E-state index contributed by atoms with van der Waals surface area (Å²) in [6, 6.07) is 6.11. The number of nitrogens with zero attached hydrogens (tertiary/aromatic N) is 2. The van der Waals surface area contributed by atoms with E-state index < -0.39 is 11.8 Å². The monoisotopic (exact) mass is 246 g/mol. The third-order valence-electron chi connectivity index (χ3n) is 3.18. The lowest BCUT2D eigenvalue weighted by Gasteiger charge is -2.01. The zero-order valence-electron chi connectivity index (χ0n) is 9.56. The summed E-state index contributed by atoms with van der Waals surface area (Å²) in [6.45, 7) is 0.698. The number of carboxylic acids is 1. The van der Waals surface area contributed by atoms with Crippen molar-refractivity contribution in [1.82, 2.24) is 9.78 Å². The number of aryl methyl sites for hydroxylation is 1. The molecule has 0 aliphatic carbocycles. The molecule has 4 nitrogen and oxygen atoms in total. The van der Waals surface area contributed by atoms with Crippen molar-refractivity contribution in [2.24, 2.45) is 0 Å². The molecule has 2 heterocycles. The number of carbonyl (C=O) groups is 1. The maximum absolute atomic E-state index is 13.7. The average molecular weight is 246 g/mol. The molecule has 1 aromatic heterocycles. The fourth-order valence-corrected chi connectivity index (χ4v) is 2.40. The van der Waals surface area contributed by atoms with Crippen LogP contribution in [0, 0.1) is 5.82 Å². The predicted octanol–water partition coefficient (Wildman–Crippen LogP) is 2.33. The van der Waals surface area contributed by atoms with Crippen molar-refractivity contribution in [3.05, 3.63) is 41.3 Å². The summed E-state index contributed by atoms with van der Waals surface area (Å²) in [4.78, 5) is 11.4. The zero-order chi connectivity index (χ0) is 12.7. The lowest BCUT2D eigenvalue weighted by atomic mass is 10.0. The van der Waals surface area contributed by atoms with Gasteiger partial charge in [-0.3, -0.25) is 4.68 Å². The van der Waals surface area contributed by atoms with Crippen molar-refractivity contribution in [2.75, 3.05) is 0 Å². The lowest BCUT2D eigenvalue weighted by Crippen LogP contribution is -2.02. The lowest BCUT2D eigenvalue weighted by molar-refractivity contribution is 0.0696. The van der Waals surface area contributed by atoms with Gasteiger partial charge in [0.1, 0.15) is 17.1 Å². The number of fused-ring (bicyclic) bond motifs is 1. The van der Waals surface area contributed by atoms with Crippen molar-refractivity contribution in [2.45, 2.75) is 19.4 Å². The molecule has 92 valence electrons. The number of aromatic nitrogens is 2. The maximum Gasteiger partial charge on any atom is 0.339 e. The second-order valence-corrected chi connectivity index (χ2v) is 4.28. The average Bonchev–Trinajstić information content (AvgIpc) is 2.88. The van der Waals surface area contributed by atoms with Gasteiger partial charge in [-0.15, -0.1) is 0 Å². The smallest absolute Gasteiger partial charge is 0.339 e. The molecule has 1 aliphatic heterocycles. The molecule has 0 atom stereocenters. The number of halogens is 1. The van der Waals surface area contributed by atoms with E-state index in [0.717, 1.165) is 6.42 Å². The van der Waals surface area contributed by atoms with Crippen LogP contribution in [-0.2, 0) is 13.0 Å². The van der Waals surface area contributed by atoms with Gasteiger partial charge in [-0.1, -0.05) is 12.1 Å². The first-order valence-electron chi connectivity index (χ1n) is 5.76.